The van der Waals surface area contributed by atoms with Gasteiger partial charge < -0.3 is 9.64 Å². The summed E-state index contributed by atoms with van der Waals surface area (Å²) in [5.74, 6) is 1.32. The van der Waals surface area contributed by atoms with E-state index in [1.165, 1.54) is 11.1 Å². The van der Waals surface area contributed by atoms with Crippen LogP contribution in [0.15, 0.2) is 54.7 Å². The zero-order valence-electron chi connectivity index (χ0n) is 15.8. The van der Waals surface area contributed by atoms with E-state index in [1.54, 1.807) is 25.4 Å². The van der Waals surface area contributed by atoms with Gasteiger partial charge in [0.1, 0.15) is 17.6 Å². The SMILES string of the molecule is COc1ccc(-c2ccnc(Cc3ccc(CN(C)C)cc3)n2)cc1C#N. The molecule has 5 nitrogen and oxygen atoms in total. The molecule has 3 aromatic rings. The Bertz CT molecular complexity index is 959. The highest BCUT2D eigenvalue weighted by Crippen LogP contribution is 2.25. The van der Waals surface area contributed by atoms with Crippen LogP contribution in [0.4, 0.5) is 0 Å². The monoisotopic (exact) mass is 358 g/mol. The molecule has 5 heteroatoms. The van der Waals surface area contributed by atoms with Crippen molar-refractivity contribution in [2.45, 2.75) is 13.0 Å². The molecule has 0 amide bonds. The van der Waals surface area contributed by atoms with Crippen LogP contribution in [0.2, 0.25) is 0 Å². The first-order chi connectivity index (χ1) is 13.1. The van der Waals surface area contributed by atoms with E-state index in [4.69, 9.17) is 4.74 Å². The van der Waals surface area contributed by atoms with Gasteiger partial charge in [0.15, 0.2) is 0 Å². The van der Waals surface area contributed by atoms with Crippen molar-refractivity contribution in [2.24, 2.45) is 0 Å². The van der Waals surface area contributed by atoms with Gasteiger partial charge in [-0.2, -0.15) is 5.26 Å². The lowest BCUT2D eigenvalue weighted by molar-refractivity contribution is 0.402. The molecule has 1 heterocycles. The van der Waals surface area contributed by atoms with Gasteiger partial charge in [-0.1, -0.05) is 24.3 Å². The summed E-state index contributed by atoms with van der Waals surface area (Å²) < 4.78 is 5.21. The highest BCUT2D eigenvalue weighted by molar-refractivity contribution is 5.64. The Morgan fingerprint density at radius 2 is 1.78 bits per heavy atom. The van der Waals surface area contributed by atoms with Crippen LogP contribution < -0.4 is 4.74 Å². The predicted molar refractivity (Wildman–Crippen MR) is 105 cm³/mol. The lowest BCUT2D eigenvalue weighted by atomic mass is 10.1. The number of nitrogens with zero attached hydrogens (tertiary/aromatic N) is 4. The minimum absolute atomic E-state index is 0.492. The van der Waals surface area contributed by atoms with Gasteiger partial charge in [0.05, 0.1) is 18.4 Å². The number of nitriles is 1. The molecule has 0 N–H and O–H groups in total. The molecule has 136 valence electrons. The molecule has 0 aliphatic rings. The van der Waals surface area contributed by atoms with Crippen molar-refractivity contribution >= 4 is 0 Å². The summed E-state index contributed by atoms with van der Waals surface area (Å²) in [5, 5.41) is 9.28. The second-order valence-electron chi connectivity index (χ2n) is 6.62. The quantitative estimate of drug-likeness (QED) is 0.673. The first-order valence-corrected chi connectivity index (χ1v) is 8.72. The van der Waals surface area contributed by atoms with Crippen LogP contribution in [-0.2, 0) is 13.0 Å². The van der Waals surface area contributed by atoms with Gasteiger partial charge in [-0.3, -0.25) is 0 Å². The van der Waals surface area contributed by atoms with Gasteiger partial charge in [0.25, 0.3) is 0 Å². The molecule has 0 aliphatic carbocycles. The molecule has 0 aliphatic heterocycles. The van der Waals surface area contributed by atoms with Crippen molar-refractivity contribution in [2.75, 3.05) is 21.2 Å². The van der Waals surface area contributed by atoms with E-state index in [-0.39, 0.29) is 0 Å². The fraction of sp³-hybridized carbons (Fsp3) is 0.227. The van der Waals surface area contributed by atoms with E-state index in [0.717, 1.165) is 23.6 Å². The number of methoxy groups -OCH3 is 1. The van der Waals surface area contributed by atoms with Gasteiger partial charge in [0, 0.05) is 24.7 Å². The maximum Gasteiger partial charge on any atom is 0.136 e. The summed E-state index contributed by atoms with van der Waals surface area (Å²) in [4.78, 5) is 11.2. The van der Waals surface area contributed by atoms with Gasteiger partial charge >= 0.3 is 0 Å². The lowest BCUT2D eigenvalue weighted by Gasteiger charge is -2.10. The minimum Gasteiger partial charge on any atom is -0.495 e. The molecular formula is C22H22N4O. The normalized spacial score (nSPS) is 10.6. The van der Waals surface area contributed by atoms with E-state index in [1.807, 2.05) is 12.1 Å². The Labute approximate surface area is 159 Å². The fourth-order valence-corrected chi connectivity index (χ4v) is 2.91. The van der Waals surface area contributed by atoms with Crippen LogP contribution in [0.25, 0.3) is 11.3 Å². The highest BCUT2D eigenvalue weighted by atomic mass is 16.5. The second-order valence-corrected chi connectivity index (χ2v) is 6.62. The van der Waals surface area contributed by atoms with Gasteiger partial charge in [-0.25, -0.2) is 9.97 Å². The smallest absolute Gasteiger partial charge is 0.136 e. The fourth-order valence-electron chi connectivity index (χ4n) is 2.91. The molecule has 0 bridgehead atoms. The van der Waals surface area contributed by atoms with Gasteiger partial charge in [0.2, 0.25) is 0 Å². The molecule has 0 atom stereocenters. The molecule has 1 aromatic heterocycles. The van der Waals surface area contributed by atoms with E-state index in [2.05, 4.69) is 59.3 Å². The summed E-state index contributed by atoms with van der Waals surface area (Å²) in [6, 6.07) is 18.0. The molecule has 2 aromatic carbocycles. The van der Waals surface area contributed by atoms with Crippen LogP contribution >= 0.6 is 0 Å². The third kappa shape index (κ3) is 4.69. The molecule has 0 saturated heterocycles. The van der Waals surface area contributed by atoms with E-state index in [9.17, 15) is 5.26 Å². The third-order valence-corrected chi connectivity index (χ3v) is 4.21. The van der Waals surface area contributed by atoms with E-state index in [0.29, 0.717) is 17.7 Å². The summed E-state index contributed by atoms with van der Waals surface area (Å²) in [6.45, 7) is 0.922. The number of aromatic nitrogens is 2. The number of rotatable bonds is 6. The Kier molecular flexibility index (Phi) is 5.80. The molecule has 3 rings (SSSR count). The van der Waals surface area contributed by atoms with Crippen LogP contribution in [0.1, 0.15) is 22.5 Å². The molecule has 0 fully saturated rings. The Morgan fingerprint density at radius 1 is 1.04 bits per heavy atom. The van der Waals surface area contributed by atoms with Crippen LogP contribution in [0.5, 0.6) is 5.75 Å². The van der Waals surface area contributed by atoms with Crippen LogP contribution in [0.3, 0.4) is 0 Å². The van der Waals surface area contributed by atoms with Crippen molar-refractivity contribution in [3.63, 3.8) is 0 Å². The number of ether oxygens (including phenoxy) is 1. The molecule has 0 unspecified atom stereocenters. The zero-order chi connectivity index (χ0) is 19.2. The molecule has 0 saturated carbocycles. The number of hydrogen-bond acceptors (Lipinski definition) is 5. The summed E-state index contributed by atoms with van der Waals surface area (Å²) in [5.41, 5.74) is 4.61. The van der Waals surface area contributed by atoms with E-state index < -0.39 is 0 Å². The molecular weight excluding hydrogens is 336 g/mol. The van der Waals surface area contributed by atoms with Crippen molar-refractivity contribution < 1.29 is 4.74 Å². The lowest BCUT2D eigenvalue weighted by Crippen LogP contribution is -2.10. The average Bonchev–Trinajstić information content (AvgIpc) is 2.69. The molecule has 0 radical (unpaired) electrons. The second kappa shape index (κ2) is 8.43. The summed E-state index contributed by atoms with van der Waals surface area (Å²) >= 11 is 0. The number of benzene rings is 2. The van der Waals surface area contributed by atoms with Crippen molar-refractivity contribution in [1.82, 2.24) is 14.9 Å². The zero-order valence-corrected chi connectivity index (χ0v) is 15.8. The number of hydrogen-bond donors (Lipinski definition) is 0. The predicted octanol–water partition coefficient (Wildman–Crippen LogP) is 3.68. The Morgan fingerprint density at radius 3 is 2.44 bits per heavy atom. The maximum absolute atomic E-state index is 9.28. The van der Waals surface area contributed by atoms with Crippen LogP contribution in [-0.4, -0.2) is 36.1 Å². The van der Waals surface area contributed by atoms with Gasteiger partial charge in [-0.05, 0) is 49.5 Å². The Hall–Kier alpha value is -3.23. The first kappa shape index (κ1) is 18.6. The standard InChI is InChI=1S/C22H22N4O/c1-26(2)15-17-6-4-16(5-7-17)12-22-24-11-10-20(25-22)18-8-9-21(27-3)19(13-18)14-23/h4-11,13H,12,15H2,1-3H3. The van der Waals surface area contributed by atoms with Crippen molar-refractivity contribution in [3.8, 4) is 23.1 Å². The van der Waals surface area contributed by atoms with Gasteiger partial charge in [-0.15, -0.1) is 0 Å². The summed E-state index contributed by atoms with van der Waals surface area (Å²) in [6.07, 6.45) is 2.42. The topological polar surface area (TPSA) is 62.0 Å². The first-order valence-electron chi connectivity index (χ1n) is 8.72. The molecule has 0 spiro atoms. The maximum atomic E-state index is 9.28. The van der Waals surface area contributed by atoms with Crippen molar-refractivity contribution in [3.05, 3.63) is 77.2 Å². The van der Waals surface area contributed by atoms with Crippen molar-refractivity contribution in [1.29, 1.82) is 5.26 Å². The van der Waals surface area contributed by atoms with E-state index >= 15 is 0 Å². The highest BCUT2D eigenvalue weighted by Gasteiger charge is 2.08. The summed E-state index contributed by atoms with van der Waals surface area (Å²) in [7, 11) is 5.68. The Balaban J connectivity index is 1.81. The molecule has 27 heavy (non-hydrogen) atoms. The third-order valence-electron chi connectivity index (χ3n) is 4.21. The average molecular weight is 358 g/mol. The van der Waals surface area contributed by atoms with Crippen LogP contribution in [0, 0.1) is 11.3 Å². The largest absolute Gasteiger partial charge is 0.495 e. The minimum atomic E-state index is 0.492.